The monoisotopic (exact) mass is 504 g/mol. The van der Waals surface area contributed by atoms with Crippen molar-refractivity contribution >= 4 is 62.3 Å². The minimum absolute atomic E-state index is 0.0293. The van der Waals surface area contributed by atoms with Gasteiger partial charge in [0, 0.05) is 15.7 Å². The highest BCUT2D eigenvalue weighted by Crippen LogP contribution is 2.36. The van der Waals surface area contributed by atoms with Crippen LogP contribution in [0.5, 0.6) is 5.75 Å². The van der Waals surface area contributed by atoms with Crippen LogP contribution in [-0.4, -0.2) is 18.4 Å². The van der Waals surface area contributed by atoms with Crippen molar-refractivity contribution in [1.29, 1.82) is 0 Å². The summed E-state index contributed by atoms with van der Waals surface area (Å²) < 4.78 is 6.52. The lowest BCUT2D eigenvalue weighted by Crippen LogP contribution is -2.38. The zero-order chi connectivity index (χ0) is 21.3. The number of nitrogens with zero attached hydrogens (tertiary/aromatic N) is 1. The Kier molecular flexibility index (Phi) is 5.99. The average molecular weight is 506 g/mol. The molecule has 0 atom stereocenters. The number of carbonyl (C=O) groups excluding carboxylic acids is 2. The van der Waals surface area contributed by atoms with Gasteiger partial charge in [-0.05, 0) is 54.1 Å². The second-order valence-electron chi connectivity index (χ2n) is 6.66. The predicted octanol–water partition coefficient (Wildman–Crippen LogP) is 5.93. The number of benzene rings is 3. The predicted molar refractivity (Wildman–Crippen MR) is 122 cm³/mol. The lowest BCUT2D eigenvalue weighted by molar-refractivity contribution is -0.121. The molecule has 0 saturated carbocycles. The Morgan fingerprint density at radius 1 is 1.03 bits per heavy atom. The fourth-order valence-electron chi connectivity index (χ4n) is 3.07. The van der Waals surface area contributed by atoms with E-state index in [4.69, 9.17) is 27.9 Å². The van der Waals surface area contributed by atoms with Crippen molar-refractivity contribution in [2.75, 3.05) is 16.8 Å². The summed E-state index contributed by atoms with van der Waals surface area (Å²) in [5, 5.41) is 3.50. The molecular weight excluding hydrogens is 491 g/mol. The van der Waals surface area contributed by atoms with Gasteiger partial charge in [0.25, 0.3) is 11.8 Å². The minimum Gasteiger partial charge on any atom is -0.482 e. The van der Waals surface area contributed by atoms with Crippen molar-refractivity contribution in [2.24, 2.45) is 0 Å². The second-order valence-corrected chi connectivity index (χ2v) is 8.39. The van der Waals surface area contributed by atoms with Crippen molar-refractivity contribution < 1.29 is 14.3 Å². The molecule has 1 heterocycles. The van der Waals surface area contributed by atoms with Crippen LogP contribution in [0.1, 0.15) is 15.9 Å². The number of halogens is 3. The molecule has 152 valence electrons. The van der Waals surface area contributed by atoms with Crippen LogP contribution >= 0.6 is 39.1 Å². The zero-order valence-corrected chi connectivity index (χ0v) is 18.6. The van der Waals surface area contributed by atoms with E-state index in [9.17, 15) is 9.59 Å². The standard InChI is InChI=1S/C22H15BrCl2N2O3/c23-15-4-1-13(2-5-15)11-27-19-10-16(6-8-20(19)30-12-21(27)28)26-22(29)14-3-7-17(24)18(25)9-14/h1-10H,11-12H2,(H,26,29). The molecule has 0 saturated heterocycles. The molecule has 0 spiro atoms. The molecule has 2 amide bonds. The largest absolute Gasteiger partial charge is 0.482 e. The highest BCUT2D eigenvalue weighted by Gasteiger charge is 2.26. The molecule has 0 unspecified atom stereocenters. The number of nitrogens with one attached hydrogen (secondary N) is 1. The molecule has 0 radical (unpaired) electrons. The van der Waals surface area contributed by atoms with E-state index in [2.05, 4.69) is 21.2 Å². The topological polar surface area (TPSA) is 58.6 Å². The SMILES string of the molecule is O=C(Nc1ccc2c(c1)N(Cc1ccc(Br)cc1)C(=O)CO2)c1ccc(Cl)c(Cl)c1. The summed E-state index contributed by atoms with van der Waals surface area (Å²) in [6.45, 7) is 0.366. The Hall–Kier alpha value is -2.54. The maximum absolute atomic E-state index is 12.6. The van der Waals surface area contributed by atoms with Crippen molar-refractivity contribution in [2.45, 2.75) is 6.54 Å². The Labute approximate surface area is 191 Å². The third kappa shape index (κ3) is 4.46. The van der Waals surface area contributed by atoms with Crippen LogP contribution in [0.15, 0.2) is 65.1 Å². The molecule has 30 heavy (non-hydrogen) atoms. The highest BCUT2D eigenvalue weighted by atomic mass is 79.9. The van der Waals surface area contributed by atoms with E-state index >= 15 is 0 Å². The number of amides is 2. The highest BCUT2D eigenvalue weighted by molar-refractivity contribution is 9.10. The lowest BCUT2D eigenvalue weighted by Gasteiger charge is -2.30. The minimum atomic E-state index is -0.337. The van der Waals surface area contributed by atoms with E-state index in [1.807, 2.05) is 24.3 Å². The first-order valence-electron chi connectivity index (χ1n) is 8.99. The Balaban J connectivity index is 1.59. The van der Waals surface area contributed by atoms with Gasteiger partial charge in [-0.3, -0.25) is 9.59 Å². The lowest BCUT2D eigenvalue weighted by atomic mass is 10.1. The van der Waals surface area contributed by atoms with Crippen LogP contribution in [0.25, 0.3) is 0 Å². The first-order valence-corrected chi connectivity index (χ1v) is 10.5. The number of rotatable bonds is 4. The molecule has 0 fully saturated rings. The van der Waals surface area contributed by atoms with Crippen molar-refractivity contribution in [3.05, 3.63) is 86.3 Å². The van der Waals surface area contributed by atoms with Crippen LogP contribution in [0.3, 0.4) is 0 Å². The molecule has 1 aliphatic rings. The summed E-state index contributed by atoms with van der Waals surface area (Å²) in [6.07, 6.45) is 0. The summed E-state index contributed by atoms with van der Waals surface area (Å²) in [5.74, 6) is 0.0913. The number of fused-ring (bicyclic) bond motifs is 1. The van der Waals surface area contributed by atoms with E-state index in [1.165, 1.54) is 6.07 Å². The van der Waals surface area contributed by atoms with Gasteiger partial charge in [-0.2, -0.15) is 0 Å². The Bertz CT molecular complexity index is 1140. The molecule has 8 heteroatoms. The molecule has 3 aromatic rings. The third-order valence-electron chi connectivity index (χ3n) is 4.60. The maximum atomic E-state index is 12.6. The average Bonchev–Trinajstić information content (AvgIpc) is 2.73. The van der Waals surface area contributed by atoms with Gasteiger partial charge in [0.05, 0.1) is 22.3 Å². The first-order chi connectivity index (χ1) is 14.4. The molecule has 1 N–H and O–H groups in total. The number of ether oxygens (including phenoxy) is 1. The van der Waals surface area contributed by atoms with Gasteiger partial charge in [-0.25, -0.2) is 0 Å². The van der Waals surface area contributed by atoms with Crippen LogP contribution in [0, 0.1) is 0 Å². The third-order valence-corrected chi connectivity index (χ3v) is 5.86. The molecule has 5 nitrogen and oxygen atoms in total. The summed E-state index contributed by atoms with van der Waals surface area (Å²) in [5.41, 5.74) is 2.48. The molecular formula is C22H15BrCl2N2O3. The molecule has 3 aromatic carbocycles. The van der Waals surface area contributed by atoms with Gasteiger partial charge >= 0.3 is 0 Å². The number of hydrogen-bond acceptors (Lipinski definition) is 3. The van der Waals surface area contributed by atoms with E-state index in [0.29, 0.717) is 39.3 Å². The van der Waals surface area contributed by atoms with Gasteiger partial charge in [0.15, 0.2) is 6.61 Å². The van der Waals surface area contributed by atoms with E-state index in [-0.39, 0.29) is 18.4 Å². The fourth-order valence-corrected chi connectivity index (χ4v) is 3.63. The quantitative estimate of drug-likeness (QED) is 0.477. The zero-order valence-electron chi connectivity index (χ0n) is 15.5. The Morgan fingerprint density at radius 3 is 2.53 bits per heavy atom. The number of anilines is 2. The normalized spacial score (nSPS) is 12.9. The molecule has 0 aliphatic carbocycles. The van der Waals surface area contributed by atoms with Gasteiger partial charge in [-0.1, -0.05) is 51.3 Å². The summed E-state index contributed by atoms with van der Waals surface area (Å²) in [4.78, 5) is 26.8. The van der Waals surface area contributed by atoms with Crippen LogP contribution in [-0.2, 0) is 11.3 Å². The first kappa shape index (κ1) is 20.7. The van der Waals surface area contributed by atoms with Crippen molar-refractivity contribution in [1.82, 2.24) is 0 Å². The van der Waals surface area contributed by atoms with E-state index < -0.39 is 0 Å². The molecule has 0 aromatic heterocycles. The van der Waals surface area contributed by atoms with Gasteiger partial charge in [0.1, 0.15) is 5.75 Å². The summed E-state index contributed by atoms with van der Waals surface area (Å²) >= 11 is 15.3. The van der Waals surface area contributed by atoms with Crippen LogP contribution in [0.4, 0.5) is 11.4 Å². The molecule has 1 aliphatic heterocycles. The van der Waals surface area contributed by atoms with Crippen LogP contribution < -0.4 is 15.0 Å². The maximum Gasteiger partial charge on any atom is 0.265 e. The fraction of sp³-hybridized carbons (Fsp3) is 0.0909. The second kappa shape index (κ2) is 8.68. The molecule has 0 bridgehead atoms. The number of carbonyl (C=O) groups is 2. The van der Waals surface area contributed by atoms with Gasteiger partial charge < -0.3 is 15.0 Å². The van der Waals surface area contributed by atoms with Gasteiger partial charge in [0.2, 0.25) is 0 Å². The van der Waals surface area contributed by atoms with Gasteiger partial charge in [-0.15, -0.1) is 0 Å². The summed E-state index contributed by atoms with van der Waals surface area (Å²) in [7, 11) is 0. The molecule has 4 rings (SSSR count). The number of hydrogen-bond donors (Lipinski definition) is 1. The van der Waals surface area contributed by atoms with Crippen LogP contribution in [0.2, 0.25) is 10.0 Å². The Morgan fingerprint density at radius 2 is 1.80 bits per heavy atom. The van der Waals surface area contributed by atoms with Crippen molar-refractivity contribution in [3.63, 3.8) is 0 Å². The van der Waals surface area contributed by atoms with E-state index in [1.54, 1.807) is 35.2 Å². The smallest absolute Gasteiger partial charge is 0.265 e. The van der Waals surface area contributed by atoms with E-state index in [0.717, 1.165) is 10.0 Å². The van der Waals surface area contributed by atoms with Crippen molar-refractivity contribution in [3.8, 4) is 5.75 Å². The summed E-state index contributed by atoms with van der Waals surface area (Å²) in [6, 6.07) is 17.6.